The molecule has 4 fully saturated rings. The maximum absolute atomic E-state index is 13.1. The predicted octanol–water partition coefficient (Wildman–Crippen LogP) is 2.83. The Hall–Kier alpha value is -4.06. The van der Waals surface area contributed by atoms with Gasteiger partial charge in [0, 0.05) is 88.5 Å². The van der Waals surface area contributed by atoms with Crippen molar-refractivity contribution in [3.63, 3.8) is 0 Å². The van der Waals surface area contributed by atoms with Gasteiger partial charge in [-0.25, -0.2) is 9.97 Å². The number of benzene rings is 1. The summed E-state index contributed by atoms with van der Waals surface area (Å²) in [5.41, 5.74) is 3.40. The maximum atomic E-state index is 13.1. The van der Waals surface area contributed by atoms with Gasteiger partial charge in [-0.05, 0) is 66.2 Å². The Kier molecular flexibility index (Phi) is 8.41. The van der Waals surface area contributed by atoms with E-state index in [9.17, 15) is 19.2 Å². The van der Waals surface area contributed by atoms with E-state index in [4.69, 9.17) is 0 Å². The standard InChI is InChI=1S/C36H48N8O4/c1-35(2)22-36(3,4)33(35)40-30(46)25-18-37-34(38-19-25)43-11-9-23(10-12-43)20-41-13-15-42(16-14-41)26-5-6-27-24(17-26)21-44(32(27)48)28-7-8-29(45)39-31(28)47/h5-6,17-19,23,28,33H,7-16,20-22H2,1-4H3,(H,40,46)(H,39,45,47)/t28-/m0/s1. The molecule has 1 aromatic heterocycles. The largest absolute Gasteiger partial charge is 0.369 e. The average Bonchev–Trinajstić information content (AvgIpc) is 3.38. The Bertz CT molecular complexity index is 1580. The van der Waals surface area contributed by atoms with Gasteiger partial charge in [0.15, 0.2) is 0 Å². The van der Waals surface area contributed by atoms with Crippen LogP contribution in [0, 0.1) is 16.7 Å². The number of hydrogen-bond acceptors (Lipinski definition) is 9. The van der Waals surface area contributed by atoms with Crippen LogP contribution >= 0.6 is 0 Å². The summed E-state index contributed by atoms with van der Waals surface area (Å²) in [7, 11) is 0. The first-order valence-electron chi connectivity index (χ1n) is 17.5. The number of imide groups is 1. The number of aromatic nitrogens is 2. The van der Waals surface area contributed by atoms with Gasteiger partial charge >= 0.3 is 0 Å². The van der Waals surface area contributed by atoms with Crippen LogP contribution in [0.5, 0.6) is 0 Å². The smallest absolute Gasteiger partial charge is 0.255 e. The zero-order valence-electron chi connectivity index (χ0n) is 28.6. The highest BCUT2D eigenvalue weighted by Gasteiger charge is 2.53. The lowest BCUT2D eigenvalue weighted by atomic mass is 9.52. The maximum Gasteiger partial charge on any atom is 0.255 e. The topological polar surface area (TPSA) is 131 Å². The van der Waals surface area contributed by atoms with Crippen LogP contribution in [0.25, 0.3) is 0 Å². The van der Waals surface area contributed by atoms with Crippen molar-refractivity contribution < 1.29 is 19.2 Å². The van der Waals surface area contributed by atoms with Crippen molar-refractivity contribution in [1.29, 1.82) is 0 Å². The second-order valence-corrected chi connectivity index (χ2v) is 15.8. The molecule has 2 N–H and O–H groups in total. The second kappa shape index (κ2) is 12.4. The van der Waals surface area contributed by atoms with Crippen LogP contribution in [0.3, 0.4) is 0 Å². The van der Waals surface area contributed by atoms with Crippen LogP contribution in [-0.2, 0) is 16.1 Å². The SMILES string of the molecule is CC1(C)CC(C)(C)C1NC(=O)c1cnc(N2CCC(CN3CCN(c4ccc5c(c4)CN([C@H]4CCC(=O)NC4=O)C5=O)CC3)CC2)nc1. The number of carbonyl (C=O) groups is 4. The fourth-order valence-electron chi connectivity index (χ4n) is 9.14. The molecule has 4 aliphatic heterocycles. The molecule has 3 saturated heterocycles. The van der Waals surface area contributed by atoms with Crippen LogP contribution in [0.4, 0.5) is 11.6 Å². The molecule has 12 heteroatoms. The van der Waals surface area contributed by atoms with Gasteiger partial charge in [-0.15, -0.1) is 0 Å². The summed E-state index contributed by atoms with van der Waals surface area (Å²) in [6.45, 7) is 15.9. The van der Waals surface area contributed by atoms with Crippen molar-refractivity contribution in [2.75, 3.05) is 55.6 Å². The van der Waals surface area contributed by atoms with Crippen molar-refractivity contribution in [3.05, 3.63) is 47.3 Å². The molecule has 4 amide bonds. The first kappa shape index (κ1) is 32.5. The Morgan fingerprint density at radius 1 is 0.917 bits per heavy atom. The van der Waals surface area contributed by atoms with Crippen molar-refractivity contribution in [2.24, 2.45) is 16.7 Å². The van der Waals surface area contributed by atoms with Crippen LogP contribution in [0.2, 0.25) is 0 Å². The number of nitrogens with zero attached hydrogens (tertiary/aromatic N) is 6. The molecule has 48 heavy (non-hydrogen) atoms. The van der Waals surface area contributed by atoms with E-state index in [1.165, 1.54) is 0 Å². The minimum absolute atomic E-state index is 0.0911. The number of rotatable bonds is 7. The third kappa shape index (κ3) is 6.26. The molecule has 5 heterocycles. The fraction of sp³-hybridized carbons (Fsp3) is 0.611. The number of piperazine rings is 1. The van der Waals surface area contributed by atoms with E-state index in [0.717, 1.165) is 76.3 Å². The summed E-state index contributed by atoms with van der Waals surface area (Å²) in [6, 6.07) is 5.55. The number of piperidine rings is 2. The van der Waals surface area contributed by atoms with Crippen LogP contribution in [0.1, 0.15) is 86.1 Å². The van der Waals surface area contributed by atoms with E-state index in [-0.39, 0.29) is 46.9 Å². The quantitative estimate of drug-likeness (QED) is 0.432. The predicted molar refractivity (Wildman–Crippen MR) is 182 cm³/mol. The van der Waals surface area contributed by atoms with Gasteiger partial charge in [0.1, 0.15) is 6.04 Å². The zero-order valence-corrected chi connectivity index (χ0v) is 28.6. The van der Waals surface area contributed by atoms with Gasteiger partial charge in [-0.3, -0.25) is 29.4 Å². The minimum Gasteiger partial charge on any atom is -0.369 e. The van der Waals surface area contributed by atoms with E-state index in [1.807, 2.05) is 12.1 Å². The Labute approximate surface area is 282 Å². The van der Waals surface area contributed by atoms with Crippen molar-refractivity contribution in [2.45, 2.75) is 78.4 Å². The Morgan fingerprint density at radius 3 is 2.25 bits per heavy atom. The Balaban J connectivity index is 0.859. The number of nitrogens with one attached hydrogen (secondary N) is 2. The summed E-state index contributed by atoms with van der Waals surface area (Å²) in [6.07, 6.45) is 7.20. The van der Waals surface area contributed by atoms with E-state index in [2.05, 4.69) is 69.1 Å². The first-order chi connectivity index (χ1) is 22.9. The van der Waals surface area contributed by atoms with Crippen LogP contribution in [0.15, 0.2) is 30.6 Å². The summed E-state index contributed by atoms with van der Waals surface area (Å²) in [5, 5.41) is 5.59. The number of amides is 4. The lowest BCUT2D eigenvalue weighted by molar-refractivity contribution is -0.136. The molecule has 7 rings (SSSR count). The normalized spacial score (nSPS) is 24.7. The van der Waals surface area contributed by atoms with Crippen molar-refractivity contribution in [1.82, 2.24) is 30.4 Å². The van der Waals surface area contributed by atoms with Crippen LogP contribution < -0.4 is 20.4 Å². The molecular formula is C36H48N8O4. The molecule has 1 aliphatic carbocycles. The highest BCUT2D eigenvalue weighted by molar-refractivity contribution is 6.05. The van der Waals surface area contributed by atoms with Crippen molar-refractivity contribution in [3.8, 4) is 0 Å². The van der Waals surface area contributed by atoms with Gasteiger partial charge in [0.2, 0.25) is 17.8 Å². The zero-order chi connectivity index (χ0) is 33.8. The molecule has 1 atom stereocenters. The first-order valence-corrected chi connectivity index (χ1v) is 17.5. The lowest BCUT2D eigenvalue weighted by Crippen LogP contribution is -2.63. The van der Waals surface area contributed by atoms with E-state index >= 15 is 0 Å². The molecule has 5 aliphatic rings. The molecule has 0 spiro atoms. The van der Waals surface area contributed by atoms with Gasteiger partial charge in [0.25, 0.3) is 11.8 Å². The summed E-state index contributed by atoms with van der Waals surface area (Å²) in [5.74, 6) is 0.425. The van der Waals surface area contributed by atoms with Gasteiger partial charge < -0.3 is 20.0 Å². The molecular weight excluding hydrogens is 608 g/mol. The van der Waals surface area contributed by atoms with Gasteiger partial charge in [-0.2, -0.15) is 0 Å². The van der Waals surface area contributed by atoms with E-state index in [0.29, 0.717) is 36.0 Å². The number of carbonyl (C=O) groups excluding carboxylic acids is 4. The molecule has 1 aromatic carbocycles. The van der Waals surface area contributed by atoms with E-state index < -0.39 is 6.04 Å². The molecule has 0 bridgehead atoms. The van der Waals surface area contributed by atoms with Gasteiger partial charge in [-0.1, -0.05) is 27.7 Å². The molecule has 0 unspecified atom stereocenters. The summed E-state index contributed by atoms with van der Waals surface area (Å²) < 4.78 is 0. The minimum atomic E-state index is -0.593. The molecule has 12 nitrogen and oxygen atoms in total. The summed E-state index contributed by atoms with van der Waals surface area (Å²) >= 11 is 0. The highest BCUT2D eigenvalue weighted by atomic mass is 16.2. The highest BCUT2D eigenvalue weighted by Crippen LogP contribution is 2.53. The third-order valence-corrected chi connectivity index (χ3v) is 11.3. The number of fused-ring (bicyclic) bond motifs is 1. The van der Waals surface area contributed by atoms with Gasteiger partial charge in [0.05, 0.1) is 5.56 Å². The number of hydrogen-bond donors (Lipinski definition) is 2. The number of anilines is 2. The monoisotopic (exact) mass is 656 g/mol. The third-order valence-electron chi connectivity index (χ3n) is 11.3. The van der Waals surface area contributed by atoms with Crippen molar-refractivity contribution >= 4 is 35.3 Å². The summed E-state index contributed by atoms with van der Waals surface area (Å²) in [4.78, 5) is 67.9. The molecule has 2 aromatic rings. The lowest BCUT2D eigenvalue weighted by Gasteiger charge is -2.57. The van der Waals surface area contributed by atoms with Crippen LogP contribution in [-0.4, -0.2) is 101 Å². The molecule has 256 valence electrons. The second-order valence-electron chi connectivity index (χ2n) is 15.8. The Morgan fingerprint density at radius 2 is 1.60 bits per heavy atom. The van der Waals surface area contributed by atoms with E-state index in [1.54, 1.807) is 17.3 Å². The average molecular weight is 657 g/mol. The molecule has 0 radical (unpaired) electrons. The molecule has 1 saturated carbocycles. The fourth-order valence-corrected chi connectivity index (χ4v) is 9.14.